The van der Waals surface area contributed by atoms with Crippen molar-refractivity contribution in [2.24, 2.45) is 7.05 Å². The lowest BCUT2D eigenvalue weighted by atomic mass is 10.1. The molecule has 0 radical (unpaired) electrons. The van der Waals surface area contributed by atoms with Gasteiger partial charge < -0.3 is 10.1 Å². The molecule has 0 atom stereocenters. The van der Waals surface area contributed by atoms with E-state index in [1.54, 1.807) is 18.1 Å². The van der Waals surface area contributed by atoms with Gasteiger partial charge in [0.05, 0.1) is 5.56 Å². The summed E-state index contributed by atoms with van der Waals surface area (Å²) < 4.78 is 7.17. The molecule has 0 bridgehead atoms. The Labute approximate surface area is 105 Å². The molecule has 1 N–H and O–H groups in total. The predicted molar refractivity (Wildman–Crippen MR) is 66.7 cm³/mol. The highest BCUT2D eigenvalue weighted by atomic mass is 16.5. The first kappa shape index (κ1) is 12.3. The Morgan fingerprint density at radius 2 is 2.06 bits per heavy atom. The fraction of sp³-hybridized carbons (Fsp3) is 0.455. The first-order valence-electron chi connectivity index (χ1n) is 5.68. The quantitative estimate of drug-likeness (QED) is 0.884. The van der Waals surface area contributed by atoms with Crippen molar-refractivity contribution in [2.75, 3.05) is 12.4 Å². The van der Waals surface area contributed by atoms with Gasteiger partial charge in [0, 0.05) is 14.1 Å². The molecule has 0 aliphatic carbocycles. The second-order valence-electron chi connectivity index (χ2n) is 4.15. The average molecular weight is 248 g/mol. The summed E-state index contributed by atoms with van der Waals surface area (Å²) in [6.07, 6.45) is 3.03. The Kier molecular flexibility index (Phi) is 3.40. The number of nitrogens with one attached hydrogen (secondary N) is 1. The predicted octanol–water partition coefficient (Wildman–Crippen LogP) is 1.56. The van der Waals surface area contributed by atoms with Crippen LogP contribution in [0.1, 0.15) is 25.3 Å². The zero-order valence-corrected chi connectivity index (χ0v) is 10.9. The molecule has 7 nitrogen and oxygen atoms in total. The van der Waals surface area contributed by atoms with Crippen LogP contribution in [0.2, 0.25) is 0 Å². The van der Waals surface area contributed by atoms with Gasteiger partial charge in [0.2, 0.25) is 5.88 Å². The topological polar surface area (TPSA) is 77.8 Å². The Bertz CT molecular complexity index is 536. The maximum absolute atomic E-state index is 5.60. The molecule has 0 saturated carbocycles. The second kappa shape index (κ2) is 4.99. The van der Waals surface area contributed by atoms with E-state index < -0.39 is 0 Å². The summed E-state index contributed by atoms with van der Waals surface area (Å²) >= 11 is 0. The van der Waals surface area contributed by atoms with Gasteiger partial charge >= 0.3 is 6.01 Å². The number of aryl methyl sites for hydroxylation is 1. The van der Waals surface area contributed by atoms with Crippen LogP contribution in [-0.4, -0.2) is 31.8 Å². The molecule has 2 aromatic heterocycles. The van der Waals surface area contributed by atoms with Gasteiger partial charge in [-0.25, -0.2) is 9.97 Å². The van der Waals surface area contributed by atoms with Crippen LogP contribution >= 0.6 is 0 Å². The van der Waals surface area contributed by atoms with Gasteiger partial charge in [0.1, 0.15) is 18.5 Å². The van der Waals surface area contributed by atoms with Crippen LogP contribution < -0.4 is 10.1 Å². The Hall–Kier alpha value is -2.18. The molecule has 0 aromatic carbocycles. The summed E-state index contributed by atoms with van der Waals surface area (Å²) in [5, 5.41) is 7.10. The molecule has 0 unspecified atom stereocenters. The lowest BCUT2D eigenvalue weighted by Crippen LogP contribution is -2.05. The largest absolute Gasteiger partial charge is 0.404 e. The zero-order chi connectivity index (χ0) is 13.1. The third kappa shape index (κ3) is 2.39. The number of anilines is 1. The van der Waals surface area contributed by atoms with Crippen LogP contribution in [0.15, 0.2) is 12.7 Å². The van der Waals surface area contributed by atoms with E-state index in [-0.39, 0.29) is 11.9 Å². The van der Waals surface area contributed by atoms with Crippen LogP contribution in [0.25, 0.3) is 0 Å². The maximum Gasteiger partial charge on any atom is 0.342 e. The highest BCUT2D eigenvalue weighted by Gasteiger charge is 2.17. The van der Waals surface area contributed by atoms with E-state index in [0.717, 1.165) is 11.4 Å². The third-order valence-electron chi connectivity index (χ3n) is 2.43. The Balaban J connectivity index is 2.37. The fourth-order valence-electron chi connectivity index (χ4n) is 1.63. The molecule has 0 saturated heterocycles. The van der Waals surface area contributed by atoms with E-state index in [2.05, 4.69) is 39.2 Å². The molecule has 96 valence electrons. The summed E-state index contributed by atoms with van der Waals surface area (Å²) in [6.45, 7) is 4.11. The van der Waals surface area contributed by atoms with Gasteiger partial charge in [0.15, 0.2) is 0 Å². The molecule has 18 heavy (non-hydrogen) atoms. The van der Waals surface area contributed by atoms with Crippen LogP contribution in [0.3, 0.4) is 0 Å². The molecule has 2 aromatic rings. The SMILES string of the molecule is CNc1ncnc(Oc2ncn(C)n2)c1C(C)C. The van der Waals surface area contributed by atoms with Gasteiger partial charge in [-0.15, -0.1) is 5.10 Å². The van der Waals surface area contributed by atoms with Gasteiger partial charge in [-0.05, 0) is 5.92 Å². The van der Waals surface area contributed by atoms with Crippen molar-refractivity contribution in [3.05, 3.63) is 18.2 Å². The lowest BCUT2D eigenvalue weighted by Gasteiger charge is -2.13. The standard InChI is InChI=1S/C11H16N6O/c1-7(2)8-9(12-3)13-5-14-10(8)18-11-15-6-17(4)16-11/h5-7H,1-4H3,(H,12,13,14). The molecule has 7 heteroatoms. The van der Waals surface area contributed by atoms with Gasteiger partial charge in [-0.1, -0.05) is 13.8 Å². The van der Waals surface area contributed by atoms with E-state index >= 15 is 0 Å². The van der Waals surface area contributed by atoms with Gasteiger partial charge in [0.25, 0.3) is 0 Å². The molecule has 2 heterocycles. The van der Waals surface area contributed by atoms with Crippen LogP contribution in [-0.2, 0) is 7.05 Å². The zero-order valence-electron chi connectivity index (χ0n) is 10.9. The van der Waals surface area contributed by atoms with E-state index in [4.69, 9.17) is 4.74 Å². The number of aromatic nitrogens is 5. The van der Waals surface area contributed by atoms with Crippen molar-refractivity contribution in [3.8, 4) is 11.9 Å². The van der Waals surface area contributed by atoms with Crippen molar-refractivity contribution in [3.63, 3.8) is 0 Å². The summed E-state index contributed by atoms with van der Waals surface area (Å²) in [4.78, 5) is 12.3. The number of ether oxygens (including phenoxy) is 1. The first-order valence-corrected chi connectivity index (χ1v) is 5.68. The highest BCUT2D eigenvalue weighted by molar-refractivity contribution is 5.50. The minimum Gasteiger partial charge on any atom is -0.404 e. The number of hydrogen-bond donors (Lipinski definition) is 1. The molecule has 0 amide bonds. The van der Waals surface area contributed by atoms with E-state index in [1.807, 2.05) is 7.05 Å². The molecule has 0 spiro atoms. The number of hydrogen-bond acceptors (Lipinski definition) is 6. The summed E-state index contributed by atoms with van der Waals surface area (Å²) in [5.74, 6) is 1.47. The minimum atomic E-state index is 0.229. The summed E-state index contributed by atoms with van der Waals surface area (Å²) in [5.41, 5.74) is 0.910. The maximum atomic E-state index is 5.60. The Morgan fingerprint density at radius 1 is 1.28 bits per heavy atom. The first-order chi connectivity index (χ1) is 8.61. The Morgan fingerprint density at radius 3 is 2.61 bits per heavy atom. The number of nitrogens with zero attached hydrogens (tertiary/aromatic N) is 5. The summed E-state index contributed by atoms with van der Waals surface area (Å²) in [7, 11) is 3.60. The molecule has 0 aliphatic heterocycles. The molecule has 0 fully saturated rings. The van der Waals surface area contributed by atoms with Crippen LogP contribution in [0, 0.1) is 0 Å². The van der Waals surface area contributed by atoms with Gasteiger partial charge in [-0.2, -0.15) is 4.98 Å². The van der Waals surface area contributed by atoms with Crippen molar-refractivity contribution >= 4 is 5.82 Å². The van der Waals surface area contributed by atoms with E-state index in [9.17, 15) is 0 Å². The third-order valence-corrected chi connectivity index (χ3v) is 2.43. The van der Waals surface area contributed by atoms with E-state index in [1.165, 1.54) is 6.33 Å². The smallest absolute Gasteiger partial charge is 0.342 e. The number of rotatable bonds is 4. The molecular weight excluding hydrogens is 232 g/mol. The van der Waals surface area contributed by atoms with Crippen molar-refractivity contribution in [1.29, 1.82) is 0 Å². The normalized spacial score (nSPS) is 10.7. The van der Waals surface area contributed by atoms with E-state index in [0.29, 0.717) is 5.88 Å². The van der Waals surface area contributed by atoms with Crippen LogP contribution in [0.4, 0.5) is 5.82 Å². The lowest BCUT2D eigenvalue weighted by molar-refractivity contribution is 0.414. The van der Waals surface area contributed by atoms with Crippen LogP contribution in [0.5, 0.6) is 11.9 Å². The molecule has 0 aliphatic rings. The second-order valence-corrected chi connectivity index (χ2v) is 4.15. The molecule has 2 rings (SSSR count). The van der Waals surface area contributed by atoms with Crippen molar-refractivity contribution in [2.45, 2.75) is 19.8 Å². The molecular formula is C11H16N6O. The van der Waals surface area contributed by atoms with Gasteiger partial charge in [-0.3, -0.25) is 4.68 Å². The van der Waals surface area contributed by atoms with Crippen molar-refractivity contribution in [1.82, 2.24) is 24.7 Å². The minimum absolute atomic E-state index is 0.229. The van der Waals surface area contributed by atoms with Crippen molar-refractivity contribution < 1.29 is 4.74 Å². The average Bonchev–Trinajstić information content (AvgIpc) is 2.74. The summed E-state index contributed by atoms with van der Waals surface area (Å²) in [6, 6.07) is 0.278. The highest BCUT2D eigenvalue weighted by Crippen LogP contribution is 2.31. The monoisotopic (exact) mass is 248 g/mol. The fourth-order valence-corrected chi connectivity index (χ4v) is 1.63.